The van der Waals surface area contributed by atoms with Gasteiger partial charge < -0.3 is 9.30 Å². The molecule has 0 amide bonds. The number of rotatable bonds is 1. The summed E-state index contributed by atoms with van der Waals surface area (Å²) in [5.41, 5.74) is -1.00. The summed E-state index contributed by atoms with van der Waals surface area (Å²) >= 11 is 0. The summed E-state index contributed by atoms with van der Waals surface area (Å²) in [5.74, 6) is 0. The van der Waals surface area contributed by atoms with Crippen LogP contribution in [0, 0.1) is 0 Å². The van der Waals surface area contributed by atoms with Gasteiger partial charge in [-0.25, -0.2) is 15.0 Å². The molecule has 1 unspecified atom stereocenters. The van der Waals surface area contributed by atoms with Crippen LogP contribution in [0.3, 0.4) is 0 Å². The molecule has 1 fully saturated rings. The molecule has 0 bridgehead atoms. The maximum absolute atomic E-state index is 12.7. The topological polar surface area (TPSA) is 52.8 Å². The molecule has 96 valence electrons. The Morgan fingerprint density at radius 2 is 2.11 bits per heavy atom. The van der Waals surface area contributed by atoms with Crippen LogP contribution in [0.25, 0.3) is 11.2 Å². The lowest BCUT2D eigenvalue weighted by Crippen LogP contribution is -2.11. The van der Waals surface area contributed by atoms with Crippen LogP contribution in [0.2, 0.25) is 0 Å². The number of halogens is 3. The third-order valence-electron chi connectivity index (χ3n) is 2.93. The second-order valence-corrected chi connectivity index (χ2v) is 4.06. The molecule has 0 saturated carbocycles. The molecular weight excluding hydrogens is 249 g/mol. The average Bonchev–Trinajstić information content (AvgIpc) is 2.95. The van der Waals surface area contributed by atoms with Gasteiger partial charge in [-0.1, -0.05) is 0 Å². The van der Waals surface area contributed by atoms with Crippen LogP contribution in [-0.4, -0.2) is 32.7 Å². The number of alkyl halides is 3. The molecule has 1 aliphatic heterocycles. The van der Waals surface area contributed by atoms with E-state index >= 15 is 0 Å². The van der Waals surface area contributed by atoms with Gasteiger partial charge in [0.2, 0.25) is 0 Å². The monoisotopic (exact) mass is 258 g/mol. The van der Waals surface area contributed by atoms with Gasteiger partial charge in [-0.05, 0) is 6.42 Å². The zero-order chi connectivity index (χ0) is 12.8. The van der Waals surface area contributed by atoms with Gasteiger partial charge in [0.25, 0.3) is 0 Å². The number of ether oxygens (including phenoxy) is 1. The smallest absolute Gasteiger partial charge is 0.379 e. The maximum atomic E-state index is 12.7. The van der Waals surface area contributed by atoms with Crippen LogP contribution in [0.15, 0.2) is 12.7 Å². The first-order valence-corrected chi connectivity index (χ1v) is 5.40. The molecule has 1 atom stereocenters. The Hall–Kier alpha value is -1.70. The van der Waals surface area contributed by atoms with Crippen LogP contribution < -0.4 is 0 Å². The van der Waals surface area contributed by atoms with E-state index in [-0.39, 0.29) is 17.2 Å². The Labute approximate surface area is 99.6 Å². The molecule has 0 aliphatic carbocycles. The highest BCUT2D eigenvalue weighted by atomic mass is 19.4. The first kappa shape index (κ1) is 11.4. The Morgan fingerprint density at radius 1 is 1.28 bits per heavy atom. The fourth-order valence-corrected chi connectivity index (χ4v) is 2.07. The van der Waals surface area contributed by atoms with Crippen molar-refractivity contribution >= 4 is 11.2 Å². The SMILES string of the molecule is FC(F)(F)c1ncnc2c1ncn2C1CCOC1. The maximum Gasteiger partial charge on any atom is 0.435 e. The summed E-state index contributed by atoms with van der Waals surface area (Å²) in [7, 11) is 0. The van der Waals surface area contributed by atoms with Crippen molar-refractivity contribution in [1.29, 1.82) is 0 Å². The lowest BCUT2D eigenvalue weighted by atomic mass is 10.2. The third-order valence-corrected chi connectivity index (χ3v) is 2.93. The highest BCUT2D eigenvalue weighted by Crippen LogP contribution is 2.32. The Balaban J connectivity index is 2.14. The molecule has 3 rings (SSSR count). The molecule has 2 aromatic rings. The van der Waals surface area contributed by atoms with Crippen LogP contribution in [0.1, 0.15) is 18.2 Å². The van der Waals surface area contributed by atoms with Crippen molar-refractivity contribution in [3.05, 3.63) is 18.3 Å². The number of nitrogens with zero attached hydrogens (tertiary/aromatic N) is 4. The van der Waals surface area contributed by atoms with Gasteiger partial charge in [0, 0.05) is 6.61 Å². The van der Waals surface area contributed by atoms with Crippen molar-refractivity contribution in [2.45, 2.75) is 18.6 Å². The summed E-state index contributed by atoms with van der Waals surface area (Å²) in [4.78, 5) is 11.0. The number of hydrogen-bond donors (Lipinski definition) is 0. The third kappa shape index (κ3) is 1.72. The van der Waals surface area contributed by atoms with Crippen molar-refractivity contribution < 1.29 is 17.9 Å². The number of aromatic nitrogens is 4. The van der Waals surface area contributed by atoms with Gasteiger partial charge in [0.05, 0.1) is 19.0 Å². The van der Waals surface area contributed by atoms with Crippen molar-refractivity contribution in [3.8, 4) is 0 Å². The molecular formula is C10H9F3N4O. The summed E-state index contributed by atoms with van der Waals surface area (Å²) in [5, 5.41) is 0. The summed E-state index contributed by atoms with van der Waals surface area (Å²) in [6.07, 6.45) is -1.49. The number of fused-ring (bicyclic) bond motifs is 1. The van der Waals surface area contributed by atoms with Crippen LogP contribution >= 0.6 is 0 Å². The van der Waals surface area contributed by atoms with E-state index in [1.165, 1.54) is 6.33 Å². The van der Waals surface area contributed by atoms with Gasteiger partial charge in [-0.3, -0.25) is 0 Å². The van der Waals surface area contributed by atoms with Gasteiger partial charge >= 0.3 is 6.18 Å². The van der Waals surface area contributed by atoms with Crippen LogP contribution in [0.5, 0.6) is 0 Å². The zero-order valence-corrected chi connectivity index (χ0v) is 9.18. The van der Waals surface area contributed by atoms with E-state index in [2.05, 4.69) is 15.0 Å². The Morgan fingerprint density at radius 3 is 2.78 bits per heavy atom. The molecule has 0 radical (unpaired) electrons. The highest BCUT2D eigenvalue weighted by molar-refractivity contribution is 5.73. The van der Waals surface area contributed by atoms with E-state index in [0.29, 0.717) is 13.2 Å². The molecule has 0 aromatic carbocycles. The van der Waals surface area contributed by atoms with E-state index in [4.69, 9.17) is 4.74 Å². The second-order valence-electron chi connectivity index (χ2n) is 4.06. The fourth-order valence-electron chi connectivity index (χ4n) is 2.07. The van der Waals surface area contributed by atoms with Crippen molar-refractivity contribution in [1.82, 2.24) is 19.5 Å². The highest BCUT2D eigenvalue weighted by Gasteiger charge is 2.36. The number of imidazole rings is 1. The second kappa shape index (κ2) is 3.91. The summed E-state index contributed by atoms with van der Waals surface area (Å²) in [6.45, 7) is 1.07. The minimum Gasteiger partial charge on any atom is -0.379 e. The normalized spacial score (nSPS) is 20.7. The molecule has 2 aromatic heterocycles. The summed E-state index contributed by atoms with van der Waals surface area (Å²) < 4.78 is 45.1. The standard InChI is InChI=1S/C10H9F3N4O/c11-10(12,13)8-7-9(15-4-14-8)17(5-16-7)6-1-2-18-3-6/h4-6H,1-3H2. The lowest BCUT2D eigenvalue weighted by Gasteiger charge is -2.10. The molecule has 8 heteroatoms. The van der Waals surface area contributed by atoms with E-state index in [9.17, 15) is 13.2 Å². The zero-order valence-electron chi connectivity index (χ0n) is 9.18. The van der Waals surface area contributed by atoms with Crippen LogP contribution in [-0.2, 0) is 10.9 Å². The van der Waals surface area contributed by atoms with Crippen molar-refractivity contribution in [3.63, 3.8) is 0 Å². The summed E-state index contributed by atoms with van der Waals surface area (Å²) in [6, 6.07) is -0.00835. The molecule has 1 saturated heterocycles. The molecule has 0 spiro atoms. The minimum atomic E-state index is -4.52. The van der Waals surface area contributed by atoms with E-state index in [0.717, 1.165) is 12.7 Å². The Bertz CT molecular complexity index is 574. The molecule has 18 heavy (non-hydrogen) atoms. The van der Waals surface area contributed by atoms with Crippen LogP contribution in [0.4, 0.5) is 13.2 Å². The van der Waals surface area contributed by atoms with E-state index in [1.807, 2.05) is 0 Å². The van der Waals surface area contributed by atoms with Gasteiger partial charge in [0.15, 0.2) is 11.3 Å². The predicted octanol–water partition coefficient (Wildman–Crippen LogP) is 1.81. The average molecular weight is 258 g/mol. The van der Waals surface area contributed by atoms with Crippen molar-refractivity contribution in [2.24, 2.45) is 0 Å². The van der Waals surface area contributed by atoms with Gasteiger partial charge in [0.1, 0.15) is 11.8 Å². The van der Waals surface area contributed by atoms with Gasteiger partial charge in [-0.15, -0.1) is 0 Å². The molecule has 5 nitrogen and oxygen atoms in total. The Kier molecular flexibility index (Phi) is 2.47. The van der Waals surface area contributed by atoms with E-state index in [1.54, 1.807) is 4.57 Å². The molecule has 3 heterocycles. The first-order chi connectivity index (χ1) is 8.57. The molecule has 1 aliphatic rings. The predicted molar refractivity (Wildman–Crippen MR) is 54.8 cm³/mol. The quantitative estimate of drug-likeness (QED) is 0.782. The minimum absolute atomic E-state index is 0.00835. The molecule has 0 N–H and O–H groups in total. The fraction of sp³-hybridized carbons (Fsp3) is 0.500. The first-order valence-electron chi connectivity index (χ1n) is 5.40. The lowest BCUT2D eigenvalue weighted by molar-refractivity contribution is -0.140. The van der Waals surface area contributed by atoms with Gasteiger partial charge in [-0.2, -0.15) is 13.2 Å². The largest absolute Gasteiger partial charge is 0.435 e. The number of hydrogen-bond acceptors (Lipinski definition) is 4. The van der Waals surface area contributed by atoms with Crippen molar-refractivity contribution in [2.75, 3.05) is 13.2 Å². The van der Waals surface area contributed by atoms with E-state index < -0.39 is 11.9 Å².